The van der Waals surface area contributed by atoms with E-state index in [2.05, 4.69) is 10.2 Å². The first-order valence-corrected chi connectivity index (χ1v) is 4.53. The van der Waals surface area contributed by atoms with Crippen LogP contribution in [0.1, 0.15) is 15.9 Å². The molecule has 1 aromatic carbocycles. The molecule has 5 nitrogen and oxygen atoms in total. The van der Waals surface area contributed by atoms with E-state index < -0.39 is 11.8 Å². The number of hydrogen-bond acceptors (Lipinski definition) is 3. The standard InChI is InChI=1S/C10H8FN3O2/c11-9-7(6-14-12-4-5-13-14)2-1-3-8(9)10(15)16/h1-5H,6H2,(H,15,16). The van der Waals surface area contributed by atoms with Gasteiger partial charge in [-0.15, -0.1) is 0 Å². The van der Waals surface area contributed by atoms with Gasteiger partial charge in [0.25, 0.3) is 0 Å². The number of halogens is 1. The molecule has 82 valence electrons. The third-order valence-corrected chi connectivity index (χ3v) is 2.09. The lowest BCUT2D eigenvalue weighted by molar-refractivity contribution is 0.0691. The summed E-state index contributed by atoms with van der Waals surface area (Å²) in [5, 5.41) is 16.4. The largest absolute Gasteiger partial charge is 0.478 e. The van der Waals surface area contributed by atoms with Crippen LogP contribution in [0.25, 0.3) is 0 Å². The second-order valence-electron chi connectivity index (χ2n) is 3.14. The summed E-state index contributed by atoms with van der Waals surface area (Å²) in [6.45, 7) is 0.111. The first-order chi connectivity index (χ1) is 7.68. The minimum absolute atomic E-state index is 0.111. The molecule has 1 heterocycles. The van der Waals surface area contributed by atoms with E-state index in [-0.39, 0.29) is 17.7 Å². The molecule has 0 spiro atoms. The van der Waals surface area contributed by atoms with Gasteiger partial charge >= 0.3 is 5.97 Å². The fourth-order valence-electron chi connectivity index (χ4n) is 1.34. The highest BCUT2D eigenvalue weighted by Crippen LogP contribution is 2.13. The molecule has 16 heavy (non-hydrogen) atoms. The van der Waals surface area contributed by atoms with Crippen LogP contribution in [-0.4, -0.2) is 26.1 Å². The molecule has 0 bridgehead atoms. The Bertz CT molecular complexity index is 511. The number of rotatable bonds is 3. The van der Waals surface area contributed by atoms with Crippen molar-refractivity contribution in [3.05, 3.63) is 47.5 Å². The van der Waals surface area contributed by atoms with Crippen molar-refractivity contribution in [3.63, 3.8) is 0 Å². The monoisotopic (exact) mass is 221 g/mol. The molecule has 0 fully saturated rings. The molecule has 0 aliphatic rings. The minimum Gasteiger partial charge on any atom is -0.478 e. The molecule has 0 aliphatic heterocycles. The number of benzene rings is 1. The van der Waals surface area contributed by atoms with Gasteiger partial charge in [0, 0.05) is 5.56 Å². The third-order valence-electron chi connectivity index (χ3n) is 2.09. The SMILES string of the molecule is O=C(O)c1cccc(Cn2nccn2)c1F. The smallest absolute Gasteiger partial charge is 0.338 e. The highest BCUT2D eigenvalue weighted by Gasteiger charge is 2.13. The Morgan fingerprint density at radius 3 is 2.69 bits per heavy atom. The first-order valence-electron chi connectivity index (χ1n) is 4.53. The van der Waals surface area contributed by atoms with Crippen LogP contribution < -0.4 is 0 Å². The summed E-state index contributed by atoms with van der Waals surface area (Å²) >= 11 is 0. The molecule has 6 heteroatoms. The molecular formula is C10H8FN3O2. The Labute approximate surface area is 90.1 Å². The lowest BCUT2D eigenvalue weighted by Crippen LogP contribution is -2.09. The second-order valence-corrected chi connectivity index (χ2v) is 3.14. The summed E-state index contributed by atoms with van der Waals surface area (Å²) < 4.78 is 13.7. The van der Waals surface area contributed by atoms with Crippen molar-refractivity contribution in [2.75, 3.05) is 0 Å². The lowest BCUT2D eigenvalue weighted by Gasteiger charge is -2.04. The van der Waals surface area contributed by atoms with Gasteiger partial charge in [-0.3, -0.25) is 0 Å². The average Bonchev–Trinajstić information content (AvgIpc) is 2.73. The van der Waals surface area contributed by atoms with E-state index in [1.165, 1.54) is 35.4 Å². The first kappa shape index (κ1) is 10.3. The Hall–Kier alpha value is -2.24. The van der Waals surface area contributed by atoms with E-state index >= 15 is 0 Å². The van der Waals surface area contributed by atoms with Crippen LogP contribution in [0.4, 0.5) is 4.39 Å². The average molecular weight is 221 g/mol. The molecule has 2 rings (SSSR count). The molecule has 2 aromatic rings. The number of carbonyl (C=O) groups is 1. The summed E-state index contributed by atoms with van der Waals surface area (Å²) in [7, 11) is 0. The highest BCUT2D eigenvalue weighted by molar-refractivity contribution is 5.88. The van der Waals surface area contributed by atoms with Crippen molar-refractivity contribution in [1.29, 1.82) is 0 Å². The number of carboxylic acids is 1. The van der Waals surface area contributed by atoms with Crippen LogP contribution in [0.2, 0.25) is 0 Å². The Morgan fingerprint density at radius 2 is 2.06 bits per heavy atom. The topological polar surface area (TPSA) is 68.0 Å². The zero-order valence-electron chi connectivity index (χ0n) is 8.17. The van der Waals surface area contributed by atoms with Gasteiger partial charge in [-0.2, -0.15) is 15.0 Å². The maximum Gasteiger partial charge on any atom is 0.338 e. The zero-order chi connectivity index (χ0) is 11.5. The van der Waals surface area contributed by atoms with Gasteiger partial charge in [0.2, 0.25) is 0 Å². The summed E-state index contributed by atoms with van der Waals surface area (Å²) in [5.41, 5.74) is -0.0965. The molecule has 0 amide bonds. The number of carboxylic acid groups (broad SMARTS) is 1. The van der Waals surface area contributed by atoms with E-state index in [0.717, 1.165) is 0 Å². The maximum atomic E-state index is 13.7. The Balaban J connectivity index is 2.35. The predicted octanol–water partition coefficient (Wildman–Crippen LogP) is 1.16. The van der Waals surface area contributed by atoms with E-state index in [4.69, 9.17) is 5.11 Å². The summed E-state index contributed by atoms with van der Waals surface area (Å²) in [6, 6.07) is 4.22. The van der Waals surface area contributed by atoms with Crippen LogP contribution >= 0.6 is 0 Å². The number of aromatic nitrogens is 3. The molecule has 0 radical (unpaired) electrons. The van der Waals surface area contributed by atoms with Gasteiger partial charge < -0.3 is 5.11 Å². The van der Waals surface area contributed by atoms with E-state index in [9.17, 15) is 9.18 Å². The van der Waals surface area contributed by atoms with Gasteiger partial charge in [-0.1, -0.05) is 12.1 Å². The minimum atomic E-state index is -1.28. The van der Waals surface area contributed by atoms with Crippen LogP contribution in [0.5, 0.6) is 0 Å². The number of hydrogen-bond donors (Lipinski definition) is 1. The number of aromatic carboxylic acids is 1. The van der Waals surface area contributed by atoms with Crippen molar-refractivity contribution >= 4 is 5.97 Å². The molecule has 0 atom stereocenters. The number of nitrogens with zero attached hydrogens (tertiary/aromatic N) is 3. The normalized spacial score (nSPS) is 10.3. The highest BCUT2D eigenvalue weighted by atomic mass is 19.1. The Kier molecular flexibility index (Phi) is 2.63. The van der Waals surface area contributed by atoms with Gasteiger partial charge in [-0.25, -0.2) is 9.18 Å². The predicted molar refractivity (Wildman–Crippen MR) is 52.5 cm³/mol. The van der Waals surface area contributed by atoms with Gasteiger partial charge in [-0.05, 0) is 6.07 Å². The zero-order valence-corrected chi connectivity index (χ0v) is 8.17. The molecule has 0 unspecified atom stereocenters. The van der Waals surface area contributed by atoms with Crippen molar-refractivity contribution in [3.8, 4) is 0 Å². The maximum absolute atomic E-state index is 13.7. The van der Waals surface area contributed by atoms with Crippen LogP contribution in [0, 0.1) is 5.82 Å². The summed E-state index contributed by atoms with van der Waals surface area (Å²) in [5.74, 6) is -2.03. The summed E-state index contributed by atoms with van der Waals surface area (Å²) in [4.78, 5) is 12.0. The van der Waals surface area contributed by atoms with Crippen LogP contribution in [-0.2, 0) is 6.54 Å². The lowest BCUT2D eigenvalue weighted by atomic mass is 10.1. The molecule has 0 saturated heterocycles. The van der Waals surface area contributed by atoms with E-state index in [0.29, 0.717) is 0 Å². The quantitative estimate of drug-likeness (QED) is 0.844. The van der Waals surface area contributed by atoms with E-state index in [1.54, 1.807) is 0 Å². The van der Waals surface area contributed by atoms with Gasteiger partial charge in [0.05, 0.1) is 24.5 Å². The molecule has 0 aliphatic carbocycles. The van der Waals surface area contributed by atoms with Gasteiger partial charge in [0.15, 0.2) is 0 Å². The summed E-state index contributed by atoms with van der Waals surface area (Å²) in [6.07, 6.45) is 2.94. The van der Waals surface area contributed by atoms with Crippen molar-refractivity contribution in [2.45, 2.75) is 6.54 Å². The van der Waals surface area contributed by atoms with E-state index in [1.807, 2.05) is 0 Å². The fraction of sp³-hybridized carbons (Fsp3) is 0.100. The molecular weight excluding hydrogens is 213 g/mol. The van der Waals surface area contributed by atoms with Crippen LogP contribution in [0.15, 0.2) is 30.6 Å². The van der Waals surface area contributed by atoms with Crippen molar-refractivity contribution in [1.82, 2.24) is 15.0 Å². The van der Waals surface area contributed by atoms with Crippen molar-refractivity contribution in [2.24, 2.45) is 0 Å². The Morgan fingerprint density at radius 1 is 1.38 bits per heavy atom. The second kappa shape index (κ2) is 4.09. The van der Waals surface area contributed by atoms with Gasteiger partial charge in [0.1, 0.15) is 5.82 Å². The fourth-order valence-corrected chi connectivity index (χ4v) is 1.34. The molecule has 1 N–H and O–H groups in total. The third kappa shape index (κ3) is 1.90. The molecule has 0 saturated carbocycles. The molecule has 1 aromatic heterocycles. The van der Waals surface area contributed by atoms with Crippen LogP contribution in [0.3, 0.4) is 0 Å². The van der Waals surface area contributed by atoms with Crippen molar-refractivity contribution < 1.29 is 14.3 Å².